The van der Waals surface area contributed by atoms with Crippen LogP contribution in [-0.2, 0) is 4.74 Å². The van der Waals surface area contributed by atoms with Gasteiger partial charge in [0.2, 0.25) is 0 Å². The van der Waals surface area contributed by atoms with Crippen LogP contribution in [0.2, 0.25) is 0 Å². The van der Waals surface area contributed by atoms with Crippen molar-refractivity contribution in [3.05, 3.63) is 23.8 Å². The molecule has 0 spiro atoms. The zero-order valence-corrected chi connectivity index (χ0v) is 12.0. The number of rotatable bonds is 5. The maximum Gasteiger partial charge on any atom is 0.251 e. The fourth-order valence-electron chi connectivity index (χ4n) is 2.36. The van der Waals surface area contributed by atoms with Gasteiger partial charge in [-0.1, -0.05) is 0 Å². The van der Waals surface area contributed by atoms with Crippen molar-refractivity contribution in [2.45, 2.75) is 26.3 Å². The molecule has 1 aliphatic rings. The summed E-state index contributed by atoms with van der Waals surface area (Å²) in [6.07, 6.45) is 0.989. The molecule has 0 aliphatic carbocycles. The Morgan fingerprint density at radius 2 is 2.35 bits per heavy atom. The van der Waals surface area contributed by atoms with Gasteiger partial charge in [0.1, 0.15) is 5.75 Å². The first-order valence-corrected chi connectivity index (χ1v) is 7.02. The lowest BCUT2D eigenvalue weighted by Gasteiger charge is -2.19. The molecule has 5 nitrogen and oxygen atoms in total. The highest BCUT2D eigenvalue weighted by atomic mass is 16.5. The topological polar surface area (TPSA) is 73.6 Å². The Morgan fingerprint density at radius 1 is 1.55 bits per heavy atom. The summed E-state index contributed by atoms with van der Waals surface area (Å²) in [7, 11) is 0. The molecule has 0 aromatic heterocycles. The molecule has 2 unspecified atom stereocenters. The van der Waals surface area contributed by atoms with Crippen LogP contribution in [0, 0.1) is 5.92 Å². The first-order valence-electron chi connectivity index (χ1n) is 7.02. The maximum absolute atomic E-state index is 12.3. The van der Waals surface area contributed by atoms with E-state index in [1.807, 2.05) is 13.8 Å². The fraction of sp³-hybridized carbons (Fsp3) is 0.533. The Labute approximate surface area is 119 Å². The van der Waals surface area contributed by atoms with Crippen LogP contribution in [0.5, 0.6) is 5.75 Å². The van der Waals surface area contributed by atoms with Crippen LogP contribution in [0.25, 0.3) is 0 Å². The number of benzene rings is 1. The molecule has 0 saturated carbocycles. The highest BCUT2D eigenvalue weighted by Crippen LogP contribution is 2.20. The molecule has 2 atom stereocenters. The summed E-state index contributed by atoms with van der Waals surface area (Å²) < 4.78 is 10.7. The number of nitrogens with one attached hydrogen (secondary N) is 1. The molecule has 1 saturated heterocycles. The van der Waals surface area contributed by atoms with Gasteiger partial charge in [0.05, 0.1) is 13.2 Å². The fourth-order valence-corrected chi connectivity index (χ4v) is 2.36. The van der Waals surface area contributed by atoms with E-state index in [1.165, 1.54) is 0 Å². The van der Waals surface area contributed by atoms with Gasteiger partial charge in [-0.25, -0.2) is 0 Å². The van der Waals surface area contributed by atoms with Crippen molar-refractivity contribution in [1.29, 1.82) is 0 Å². The maximum atomic E-state index is 12.3. The average Bonchev–Trinajstić information content (AvgIpc) is 2.92. The Morgan fingerprint density at radius 3 is 3.00 bits per heavy atom. The van der Waals surface area contributed by atoms with Gasteiger partial charge in [-0.2, -0.15) is 0 Å². The van der Waals surface area contributed by atoms with Crippen LogP contribution >= 0.6 is 0 Å². The number of hydrogen-bond acceptors (Lipinski definition) is 4. The van der Waals surface area contributed by atoms with E-state index >= 15 is 0 Å². The minimum absolute atomic E-state index is 0.0852. The van der Waals surface area contributed by atoms with Gasteiger partial charge in [0, 0.05) is 35.9 Å². The molecular formula is C15H22N2O3. The highest BCUT2D eigenvalue weighted by Gasteiger charge is 2.24. The van der Waals surface area contributed by atoms with Gasteiger partial charge >= 0.3 is 0 Å². The number of amides is 1. The molecule has 1 aromatic carbocycles. The van der Waals surface area contributed by atoms with E-state index in [0.29, 0.717) is 36.1 Å². The van der Waals surface area contributed by atoms with E-state index in [1.54, 1.807) is 18.2 Å². The van der Waals surface area contributed by atoms with Gasteiger partial charge in [0.15, 0.2) is 0 Å². The summed E-state index contributed by atoms with van der Waals surface area (Å²) in [4.78, 5) is 12.3. The highest BCUT2D eigenvalue weighted by molar-refractivity contribution is 5.95. The Bertz CT molecular complexity index is 470. The van der Waals surface area contributed by atoms with Gasteiger partial charge in [0.25, 0.3) is 5.91 Å². The summed E-state index contributed by atoms with van der Waals surface area (Å²) >= 11 is 0. The molecule has 2 rings (SSSR count). The number of carbonyl (C=O) groups excluding carboxylic acids is 1. The predicted molar refractivity (Wildman–Crippen MR) is 77.9 cm³/mol. The first kappa shape index (κ1) is 14.7. The van der Waals surface area contributed by atoms with Crippen molar-refractivity contribution in [2.75, 3.05) is 25.6 Å². The summed E-state index contributed by atoms with van der Waals surface area (Å²) in [6, 6.07) is 5.18. The molecule has 1 aromatic rings. The minimum atomic E-state index is -0.127. The predicted octanol–water partition coefficient (Wildman–Crippen LogP) is 1.82. The lowest BCUT2D eigenvalue weighted by molar-refractivity contribution is 0.0921. The minimum Gasteiger partial charge on any atom is -0.494 e. The third-order valence-electron chi connectivity index (χ3n) is 3.53. The SMILES string of the molecule is CCOc1cc(N)cc(C(=O)NC(C)C2CCOC2)c1. The summed E-state index contributed by atoms with van der Waals surface area (Å²) in [5.74, 6) is 0.874. The molecule has 1 aliphatic heterocycles. The van der Waals surface area contributed by atoms with Crippen LogP contribution in [0.1, 0.15) is 30.6 Å². The average molecular weight is 278 g/mol. The van der Waals surface area contributed by atoms with Gasteiger partial charge in [-0.15, -0.1) is 0 Å². The van der Waals surface area contributed by atoms with Crippen LogP contribution in [0.15, 0.2) is 18.2 Å². The molecule has 20 heavy (non-hydrogen) atoms. The summed E-state index contributed by atoms with van der Waals surface area (Å²) in [6.45, 7) is 5.93. The number of nitrogens with two attached hydrogens (primary N) is 1. The first-order chi connectivity index (χ1) is 9.60. The molecular weight excluding hydrogens is 256 g/mol. The standard InChI is InChI=1S/C15H22N2O3/c1-3-20-14-7-12(6-13(16)8-14)15(18)17-10(2)11-4-5-19-9-11/h6-8,10-11H,3-5,9,16H2,1-2H3,(H,17,18). The Kier molecular flexibility index (Phi) is 4.84. The van der Waals surface area contributed by atoms with Crippen molar-refractivity contribution in [1.82, 2.24) is 5.32 Å². The molecule has 110 valence electrons. The van der Waals surface area contributed by atoms with E-state index in [2.05, 4.69) is 5.32 Å². The van der Waals surface area contributed by atoms with E-state index < -0.39 is 0 Å². The second-order valence-corrected chi connectivity index (χ2v) is 5.11. The van der Waals surface area contributed by atoms with E-state index in [9.17, 15) is 4.79 Å². The normalized spacial score (nSPS) is 19.6. The smallest absolute Gasteiger partial charge is 0.251 e. The molecule has 1 fully saturated rings. The number of hydrogen-bond donors (Lipinski definition) is 2. The van der Waals surface area contributed by atoms with Crippen molar-refractivity contribution < 1.29 is 14.3 Å². The lowest BCUT2D eigenvalue weighted by Crippen LogP contribution is -2.38. The van der Waals surface area contributed by atoms with Crippen molar-refractivity contribution >= 4 is 11.6 Å². The Hall–Kier alpha value is -1.75. The van der Waals surface area contributed by atoms with Crippen LogP contribution in [-0.4, -0.2) is 31.8 Å². The third kappa shape index (κ3) is 3.63. The number of nitrogen functional groups attached to an aromatic ring is 1. The zero-order chi connectivity index (χ0) is 14.5. The van der Waals surface area contributed by atoms with Crippen LogP contribution in [0.4, 0.5) is 5.69 Å². The van der Waals surface area contributed by atoms with E-state index in [4.69, 9.17) is 15.2 Å². The number of carbonyl (C=O) groups is 1. The number of anilines is 1. The molecule has 5 heteroatoms. The van der Waals surface area contributed by atoms with E-state index in [0.717, 1.165) is 13.0 Å². The van der Waals surface area contributed by atoms with Gasteiger partial charge in [-0.05, 0) is 32.4 Å². The Balaban J connectivity index is 2.04. The van der Waals surface area contributed by atoms with Gasteiger partial charge in [-0.3, -0.25) is 4.79 Å². The van der Waals surface area contributed by atoms with E-state index in [-0.39, 0.29) is 11.9 Å². The van der Waals surface area contributed by atoms with Crippen molar-refractivity contribution in [3.8, 4) is 5.75 Å². The quantitative estimate of drug-likeness (QED) is 0.806. The largest absolute Gasteiger partial charge is 0.494 e. The van der Waals surface area contributed by atoms with Gasteiger partial charge < -0.3 is 20.5 Å². The zero-order valence-electron chi connectivity index (χ0n) is 12.0. The van der Waals surface area contributed by atoms with Crippen molar-refractivity contribution in [3.63, 3.8) is 0 Å². The monoisotopic (exact) mass is 278 g/mol. The molecule has 1 amide bonds. The third-order valence-corrected chi connectivity index (χ3v) is 3.53. The molecule has 3 N–H and O–H groups in total. The molecule has 1 heterocycles. The summed E-state index contributed by atoms with van der Waals surface area (Å²) in [5.41, 5.74) is 6.85. The van der Waals surface area contributed by atoms with Crippen LogP contribution < -0.4 is 15.8 Å². The second kappa shape index (κ2) is 6.61. The molecule has 0 bridgehead atoms. The molecule has 0 radical (unpaired) electrons. The lowest BCUT2D eigenvalue weighted by atomic mass is 10.0. The summed E-state index contributed by atoms with van der Waals surface area (Å²) in [5, 5.41) is 3.00. The second-order valence-electron chi connectivity index (χ2n) is 5.11. The van der Waals surface area contributed by atoms with Crippen molar-refractivity contribution in [2.24, 2.45) is 5.92 Å². The van der Waals surface area contributed by atoms with Crippen LogP contribution in [0.3, 0.4) is 0 Å². The number of ether oxygens (including phenoxy) is 2.